The Bertz CT molecular complexity index is 2660. The molecular formula is C48H29N3O. The van der Waals surface area contributed by atoms with Crippen molar-refractivity contribution in [3.63, 3.8) is 0 Å². The van der Waals surface area contributed by atoms with E-state index in [-0.39, 0.29) is 0 Å². The third kappa shape index (κ3) is 4.40. The van der Waals surface area contributed by atoms with Gasteiger partial charge in [-0.15, -0.1) is 0 Å². The number of fused-ring (bicyclic) bond motifs is 9. The van der Waals surface area contributed by atoms with Crippen LogP contribution < -0.4 is 4.74 Å². The van der Waals surface area contributed by atoms with E-state index in [1.165, 1.54) is 0 Å². The number of nitriles is 1. The lowest BCUT2D eigenvalue weighted by atomic mass is 9.65. The Hall–Kier alpha value is -7.09. The van der Waals surface area contributed by atoms with Gasteiger partial charge in [0.25, 0.3) is 0 Å². The molecule has 2 aliphatic rings. The van der Waals surface area contributed by atoms with Crippen LogP contribution in [0.15, 0.2) is 176 Å². The summed E-state index contributed by atoms with van der Waals surface area (Å²) in [6.07, 6.45) is 0. The fraction of sp³-hybridized carbons (Fsp3) is 0.0208. The molecule has 2 heterocycles. The van der Waals surface area contributed by atoms with Crippen molar-refractivity contribution >= 4 is 0 Å². The highest BCUT2D eigenvalue weighted by Gasteiger charge is 2.52. The summed E-state index contributed by atoms with van der Waals surface area (Å²) < 4.78 is 6.89. The number of aromatic nitrogens is 2. The SMILES string of the molecule is N#Cc1cccc2c1-c1ccccc1[C@]21c2ccccc2Oc2c(-c3ccc(-c4nc(-c5ccccc5)cc(-c5ccccc5)n4)cc3)cccc21. The van der Waals surface area contributed by atoms with Crippen molar-refractivity contribution < 1.29 is 4.74 Å². The molecule has 4 heteroatoms. The van der Waals surface area contributed by atoms with Gasteiger partial charge >= 0.3 is 0 Å². The number of nitrogens with zero attached hydrogens (tertiary/aromatic N) is 3. The van der Waals surface area contributed by atoms with Crippen molar-refractivity contribution in [1.29, 1.82) is 5.26 Å². The molecule has 1 aromatic heterocycles. The van der Waals surface area contributed by atoms with Gasteiger partial charge in [0.05, 0.1) is 28.4 Å². The van der Waals surface area contributed by atoms with E-state index in [0.717, 1.165) is 84.1 Å². The molecule has 0 radical (unpaired) electrons. The molecule has 1 spiro atoms. The van der Waals surface area contributed by atoms with Crippen LogP contribution in [0.3, 0.4) is 0 Å². The number of rotatable bonds is 4. The zero-order chi connectivity index (χ0) is 34.6. The van der Waals surface area contributed by atoms with E-state index >= 15 is 0 Å². The maximum atomic E-state index is 10.3. The summed E-state index contributed by atoms with van der Waals surface area (Å²) in [5.74, 6) is 2.29. The molecule has 0 bridgehead atoms. The Morgan fingerprint density at radius 2 is 1.02 bits per heavy atom. The van der Waals surface area contributed by atoms with Crippen LogP contribution in [0.2, 0.25) is 0 Å². The van der Waals surface area contributed by atoms with Crippen molar-refractivity contribution in [3.8, 4) is 73.7 Å². The first-order chi connectivity index (χ1) is 25.7. The van der Waals surface area contributed by atoms with Gasteiger partial charge in [-0.05, 0) is 40.5 Å². The quantitative estimate of drug-likeness (QED) is 0.188. The Balaban J connectivity index is 1.14. The summed E-state index contributed by atoms with van der Waals surface area (Å²) in [5, 5.41) is 10.3. The van der Waals surface area contributed by atoms with E-state index in [4.69, 9.17) is 14.7 Å². The lowest BCUT2D eigenvalue weighted by Gasteiger charge is -2.40. The van der Waals surface area contributed by atoms with Crippen molar-refractivity contribution in [2.24, 2.45) is 0 Å². The van der Waals surface area contributed by atoms with Gasteiger partial charge < -0.3 is 4.74 Å². The van der Waals surface area contributed by atoms with Gasteiger partial charge in [-0.25, -0.2) is 9.97 Å². The van der Waals surface area contributed by atoms with E-state index in [0.29, 0.717) is 11.4 Å². The van der Waals surface area contributed by atoms with Crippen LogP contribution in [-0.2, 0) is 5.41 Å². The monoisotopic (exact) mass is 663 g/mol. The van der Waals surface area contributed by atoms with Gasteiger partial charge in [0.1, 0.15) is 11.5 Å². The van der Waals surface area contributed by atoms with E-state index in [1.807, 2.05) is 54.6 Å². The molecule has 1 aliphatic carbocycles. The summed E-state index contributed by atoms with van der Waals surface area (Å²) in [4.78, 5) is 10.1. The van der Waals surface area contributed by atoms with E-state index in [1.54, 1.807) is 0 Å². The third-order valence-corrected chi connectivity index (χ3v) is 10.4. The molecule has 0 saturated carbocycles. The summed E-state index contributed by atoms with van der Waals surface area (Å²) in [5.41, 5.74) is 13.2. The minimum absolute atomic E-state index is 0.654. The highest BCUT2D eigenvalue weighted by molar-refractivity contribution is 5.92. The average Bonchev–Trinajstić information content (AvgIpc) is 3.52. The van der Waals surface area contributed by atoms with E-state index in [9.17, 15) is 5.26 Å². The van der Waals surface area contributed by atoms with Crippen LogP contribution in [-0.4, -0.2) is 9.97 Å². The second kappa shape index (κ2) is 11.8. The number of para-hydroxylation sites is 2. The van der Waals surface area contributed by atoms with Gasteiger partial charge in [0.2, 0.25) is 0 Å². The lowest BCUT2D eigenvalue weighted by molar-refractivity contribution is 0.438. The molecule has 0 N–H and O–H groups in total. The standard InChI is InChI=1S/C48H29N3O/c49-30-35-17-11-22-40-45(35)37-18-7-8-20-38(37)48(40)39-21-9-10-24-44(39)52-46-36(19-12-23-41(46)48)31-25-27-34(28-26-31)47-50-42(32-13-3-1-4-14-32)29-43(51-47)33-15-5-2-6-16-33/h1-29H/t48-/m0/s1. The highest BCUT2D eigenvalue weighted by atomic mass is 16.5. The smallest absolute Gasteiger partial charge is 0.160 e. The molecule has 0 amide bonds. The van der Waals surface area contributed by atoms with Crippen LogP contribution in [0, 0.1) is 11.3 Å². The predicted molar refractivity (Wildman–Crippen MR) is 206 cm³/mol. The Kier molecular flexibility index (Phi) is 6.74. The first kappa shape index (κ1) is 29.8. The predicted octanol–water partition coefficient (Wildman–Crippen LogP) is 11.5. The van der Waals surface area contributed by atoms with Crippen molar-refractivity contribution in [2.75, 3.05) is 0 Å². The van der Waals surface area contributed by atoms with Crippen LogP contribution in [0.4, 0.5) is 0 Å². The lowest BCUT2D eigenvalue weighted by Crippen LogP contribution is -2.32. The molecule has 0 unspecified atom stereocenters. The maximum Gasteiger partial charge on any atom is 0.160 e. The minimum atomic E-state index is -0.654. The van der Waals surface area contributed by atoms with Crippen LogP contribution in [0.5, 0.6) is 11.5 Å². The molecule has 1 aliphatic heterocycles. The van der Waals surface area contributed by atoms with Crippen molar-refractivity contribution in [1.82, 2.24) is 9.97 Å². The van der Waals surface area contributed by atoms with Gasteiger partial charge in [0.15, 0.2) is 5.82 Å². The largest absolute Gasteiger partial charge is 0.456 e. The summed E-state index contributed by atoms with van der Waals surface area (Å²) in [6.45, 7) is 0. The zero-order valence-corrected chi connectivity index (χ0v) is 28.0. The fourth-order valence-electron chi connectivity index (χ4n) is 8.18. The molecule has 4 nitrogen and oxygen atoms in total. The van der Waals surface area contributed by atoms with Crippen LogP contribution >= 0.6 is 0 Å². The number of ether oxygens (including phenoxy) is 1. The van der Waals surface area contributed by atoms with Gasteiger partial charge in [0, 0.05) is 38.9 Å². The average molecular weight is 664 g/mol. The number of benzene rings is 7. The Morgan fingerprint density at radius 1 is 0.462 bits per heavy atom. The minimum Gasteiger partial charge on any atom is -0.456 e. The van der Waals surface area contributed by atoms with Crippen LogP contribution in [0.1, 0.15) is 27.8 Å². The second-order valence-corrected chi connectivity index (χ2v) is 13.2. The number of hydrogen-bond donors (Lipinski definition) is 0. The molecule has 10 rings (SSSR count). The van der Waals surface area contributed by atoms with Crippen molar-refractivity contribution in [3.05, 3.63) is 204 Å². The first-order valence-corrected chi connectivity index (χ1v) is 17.4. The van der Waals surface area contributed by atoms with E-state index < -0.39 is 5.41 Å². The normalized spacial score (nSPS) is 14.8. The Morgan fingerprint density at radius 3 is 1.73 bits per heavy atom. The fourth-order valence-corrected chi connectivity index (χ4v) is 8.18. The van der Waals surface area contributed by atoms with Gasteiger partial charge in [-0.2, -0.15) is 5.26 Å². The summed E-state index contributed by atoms with van der Waals surface area (Å²) >= 11 is 0. The second-order valence-electron chi connectivity index (χ2n) is 13.2. The van der Waals surface area contributed by atoms with Crippen molar-refractivity contribution in [2.45, 2.75) is 5.41 Å². The van der Waals surface area contributed by atoms with Gasteiger partial charge in [-0.1, -0.05) is 158 Å². The van der Waals surface area contributed by atoms with Gasteiger partial charge in [-0.3, -0.25) is 0 Å². The topological polar surface area (TPSA) is 58.8 Å². The zero-order valence-electron chi connectivity index (χ0n) is 28.0. The molecule has 52 heavy (non-hydrogen) atoms. The Labute approximate surface area is 301 Å². The molecule has 1 atom stereocenters. The summed E-state index contributed by atoms with van der Waals surface area (Å²) in [7, 11) is 0. The maximum absolute atomic E-state index is 10.3. The van der Waals surface area contributed by atoms with Crippen LogP contribution in [0.25, 0.3) is 56.2 Å². The molecule has 242 valence electrons. The first-order valence-electron chi connectivity index (χ1n) is 17.4. The molecular weight excluding hydrogens is 635 g/mol. The van der Waals surface area contributed by atoms with E-state index in [2.05, 4.69) is 127 Å². The molecule has 8 aromatic rings. The highest BCUT2D eigenvalue weighted by Crippen LogP contribution is 2.63. The summed E-state index contributed by atoms with van der Waals surface area (Å²) in [6, 6.07) is 62.8. The molecule has 0 saturated heterocycles. The number of hydrogen-bond acceptors (Lipinski definition) is 4. The molecule has 7 aromatic carbocycles. The molecule has 0 fully saturated rings. The third-order valence-electron chi connectivity index (χ3n) is 10.4.